The molecular formula is C20H27NO2. The Morgan fingerprint density at radius 1 is 1.00 bits per heavy atom. The first kappa shape index (κ1) is 17.4. The van der Waals surface area contributed by atoms with Gasteiger partial charge in [0.05, 0.1) is 13.2 Å². The summed E-state index contributed by atoms with van der Waals surface area (Å²) in [7, 11) is 0. The van der Waals surface area contributed by atoms with Gasteiger partial charge in [-0.25, -0.2) is 0 Å². The molecule has 3 nitrogen and oxygen atoms in total. The van der Waals surface area contributed by atoms with Crippen LogP contribution in [0.1, 0.15) is 36.8 Å². The van der Waals surface area contributed by atoms with E-state index >= 15 is 0 Å². The highest BCUT2D eigenvalue weighted by molar-refractivity contribution is 5.30. The zero-order valence-corrected chi connectivity index (χ0v) is 14.1. The number of benzene rings is 2. The van der Waals surface area contributed by atoms with E-state index < -0.39 is 0 Å². The third-order valence-electron chi connectivity index (χ3n) is 3.90. The van der Waals surface area contributed by atoms with Gasteiger partial charge in [0.1, 0.15) is 11.5 Å². The van der Waals surface area contributed by atoms with Crippen molar-refractivity contribution < 1.29 is 9.47 Å². The Labute approximate surface area is 139 Å². The molecule has 23 heavy (non-hydrogen) atoms. The molecule has 0 aromatic heterocycles. The van der Waals surface area contributed by atoms with E-state index in [0.717, 1.165) is 30.9 Å². The zero-order chi connectivity index (χ0) is 16.5. The van der Waals surface area contributed by atoms with E-state index in [4.69, 9.17) is 15.2 Å². The second kappa shape index (κ2) is 9.21. The van der Waals surface area contributed by atoms with Gasteiger partial charge in [0.25, 0.3) is 0 Å². The van der Waals surface area contributed by atoms with Gasteiger partial charge in [-0.15, -0.1) is 0 Å². The van der Waals surface area contributed by atoms with Gasteiger partial charge in [-0.1, -0.05) is 24.3 Å². The van der Waals surface area contributed by atoms with E-state index in [9.17, 15) is 0 Å². The standard InChI is InChI=1S/C20H27NO2/c1-3-22-19-11-9-17(10-12-19)18(15-21)7-5-13-23-20-8-4-6-16(2)14-20/h4,6,8-12,14,18H,3,5,7,13,15,21H2,1-2H3. The molecule has 0 spiro atoms. The normalized spacial score (nSPS) is 12.0. The Morgan fingerprint density at radius 2 is 1.78 bits per heavy atom. The molecule has 0 radical (unpaired) electrons. The minimum Gasteiger partial charge on any atom is -0.494 e. The molecule has 0 bridgehead atoms. The molecule has 0 saturated carbocycles. The van der Waals surface area contributed by atoms with Crippen LogP contribution in [0.4, 0.5) is 0 Å². The average molecular weight is 313 g/mol. The quantitative estimate of drug-likeness (QED) is 0.702. The molecule has 0 aliphatic heterocycles. The first-order valence-corrected chi connectivity index (χ1v) is 8.35. The maximum Gasteiger partial charge on any atom is 0.119 e. The molecular weight excluding hydrogens is 286 g/mol. The van der Waals surface area contributed by atoms with Crippen LogP contribution in [-0.4, -0.2) is 19.8 Å². The smallest absolute Gasteiger partial charge is 0.119 e. The number of aryl methyl sites for hydroxylation is 1. The van der Waals surface area contributed by atoms with Crippen LogP contribution in [-0.2, 0) is 0 Å². The predicted octanol–water partition coefficient (Wildman–Crippen LogP) is 4.30. The van der Waals surface area contributed by atoms with Crippen molar-refractivity contribution in [3.8, 4) is 11.5 Å². The second-order valence-corrected chi connectivity index (χ2v) is 5.74. The van der Waals surface area contributed by atoms with Crippen molar-refractivity contribution in [2.45, 2.75) is 32.6 Å². The van der Waals surface area contributed by atoms with E-state index in [0.29, 0.717) is 19.1 Å². The summed E-state index contributed by atoms with van der Waals surface area (Å²) in [6, 6.07) is 16.4. The summed E-state index contributed by atoms with van der Waals surface area (Å²) in [5, 5.41) is 0. The van der Waals surface area contributed by atoms with Gasteiger partial charge in [-0.3, -0.25) is 0 Å². The first-order chi connectivity index (χ1) is 11.2. The number of hydrogen-bond donors (Lipinski definition) is 1. The van der Waals surface area contributed by atoms with Crippen molar-refractivity contribution in [2.75, 3.05) is 19.8 Å². The van der Waals surface area contributed by atoms with Crippen LogP contribution in [0.2, 0.25) is 0 Å². The minimum atomic E-state index is 0.367. The summed E-state index contributed by atoms with van der Waals surface area (Å²) >= 11 is 0. The molecule has 1 unspecified atom stereocenters. The molecule has 0 aliphatic carbocycles. The SMILES string of the molecule is CCOc1ccc(C(CN)CCCOc2cccc(C)c2)cc1. The average Bonchev–Trinajstić information content (AvgIpc) is 2.56. The van der Waals surface area contributed by atoms with Crippen LogP contribution in [0.15, 0.2) is 48.5 Å². The molecule has 2 aromatic rings. The van der Waals surface area contributed by atoms with E-state index in [2.05, 4.69) is 31.2 Å². The van der Waals surface area contributed by atoms with Gasteiger partial charge in [0, 0.05) is 0 Å². The molecule has 2 N–H and O–H groups in total. The topological polar surface area (TPSA) is 44.5 Å². The number of ether oxygens (including phenoxy) is 2. The summed E-state index contributed by atoms with van der Waals surface area (Å²) in [5.74, 6) is 2.22. The van der Waals surface area contributed by atoms with Crippen molar-refractivity contribution in [1.82, 2.24) is 0 Å². The fourth-order valence-electron chi connectivity index (χ4n) is 2.65. The maximum absolute atomic E-state index is 5.94. The maximum atomic E-state index is 5.94. The van der Waals surface area contributed by atoms with Gasteiger partial charge in [0.2, 0.25) is 0 Å². The first-order valence-electron chi connectivity index (χ1n) is 8.35. The highest BCUT2D eigenvalue weighted by atomic mass is 16.5. The molecule has 0 saturated heterocycles. The number of rotatable bonds is 9. The van der Waals surface area contributed by atoms with Crippen LogP contribution in [0.25, 0.3) is 0 Å². The molecule has 0 fully saturated rings. The largest absolute Gasteiger partial charge is 0.494 e. The molecule has 1 atom stereocenters. The molecule has 2 rings (SSSR count). The van der Waals surface area contributed by atoms with Crippen molar-refractivity contribution >= 4 is 0 Å². The van der Waals surface area contributed by atoms with Crippen molar-refractivity contribution in [1.29, 1.82) is 0 Å². The summed E-state index contributed by atoms with van der Waals surface area (Å²) in [6.45, 7) is 6.12. The van der Waals surface area contributed by atoms with Crippen molar-refractivity contribution in [2.24, 2.45) is 5.73 Å². The Hall–Kier alpha value is -2.00. The Morgan fingerprint density at radius 3 is 2.43 bits per heavy atom. The van der Waals surface area contributed by atoms with E-state index in [1.807, 2.05) is 31.2 Å². The Kier molecular flexibility index (Phi) is 6.95. The lowest BCUT2D eigenvalue weighted by Gasteiger charge is -2.16. The lowest BCUT2D eigenvalue weighted by atomic mass is 9.94. The third kappa shape index (κ3) is 5.61. The van der Waals surface area contributed by atoms with Gasteiger partial charge in [0.15, 0.2) is 0 Å². The van der Waals surface area contributed by atoms with Crippen LogP contribution < -0.4 is 15.2 Å². The molecule has 0 aliphatic rings. The molecule has 0 amide bonds. The lowest BCUT2D eigenvalue weighted by molar-refractivity contribution is 0.301. The van der Waals surface area contributed by atoms with Crippen LogP contribution in [0, 0.1) is 6.92 Å². The molecule has 0 heterocycles. The molecule has 2 aromatic carbocycles. The van der Waals surface area contributed by atoms with E-state index in [1.54, 1.807) is 0 Å². The number of hydrogen-bond acceptors (Lipinski definition) is 3. The second-order valence-electron chi connectivity index (χ2n) is 5.74. The van der Waals surface area contributed by atoms with Crippen LogP contribution in [0.5, 0.6) is 11.5 Å². The van der Waals surface area contributed by atoms with E-state index in [-0.39, 0.29) is 0 Å². The third-order valence-corrected chi connectivity index (χ3v) is 3.90. The fourth-order valence-corrected chi connectivity index (χ4v) is 2.65. The van der Waals surface area contributed by atoms with Crippen molar-refractivity contribution in [3.05, 3.63) is 59.7 Å². The summed E-state index contributed by atoms with van der Waals surface area (Å²) in [6.07, 6.45) is 2.01. The van der Waals surface area contributed by atoms with Gasteiger partial charge >= 0.3 is 0 Å². The van der Waals surface area contributed by atoms with Gasteiger partial charge in [-0.2, -0.15) is 0 Å². The predicted molar refractivity (Wildman–Crippen MR) is 95.3 cm³/mol. The van der Waals surface area contributed by atoms with E-state index in [1.165, 1.54) is 11.1 Å². The fraction of sp³-hybridized carbons (Fsp3) is 0.400. The van der Waals surface area contributed by atoms with Gasteiger partial charge < -0.3 is 15.2 Å². The summed E-state index contributed by atoms with van der Waals surface area (Å²) < 4.78 is 11.3. The minimum absolute atomic E-state index is 0.367. The van der Waals surface area contributed by atoms with Crippen LogP contribution >= 0.6 is 0 Å². The highest BCUT2D eigenvalue weighted by Crippen LogP contribution is 2.23. The van der Waals surface area contributed by atoms with Crippen molar-refractivity contribution in [3.63, 3.8) is 0 Å². The summed E-state index contributed by atoms with van der Waals surface area (Å²) in [4.78, 5) is 0. The summed E-state index contributed by atoms with van der Waals surface area (Å²) in [5.41, 5.74) is 8.43. The molecule has 3 heteroatoms. The van der Waals surface area contributed by atoms with Crippen LogP contribution in [0.3, 0.4) is 0 Å². The number of nitrogens with two attached hydrogens (primary N) is 1. The molecule has 124 valence electrons. The highest BCUT2D eigenvalue weighted by Gasteiger charge is 2.10. The zero-order valence-electron chi connectivity index (χ0n) is 14.1. The Balaban J connectivity index is 1.80. The Bertz CT molecular complexity index is 580. The van der Waals surface area contributed by atoms with Gasteiger partial charge in [-0.05, 0) is 74.5 Å². The monoisotopic (exact) mass is 313 g/mol. The lowest BCUT2D eigenvalue weighted by Crippen LogP contribution is -2.13.